The van der Waals surface area contributed by atoms with Gasteiger partial charge in [-0.2, -0.15) is 4.31 Å². The van der Waals surface area contributed by atoms with Crippen LogP contribution in [0.2, 0.25) is 0 Å². The zero-order valence-electron chi connectivity index (χ0n) is 11.1. The highest BCUT2D eigenvalue weighted by Crippen LogP contribution is 2.38. The molecule has 4 nitrogen and oxygen atoms in total. The number of thiophene rings is 1. The highest BCUT2D eigenvalue weighted by molar-refractivity contribution is 9.11. The summed E-state index contributed by atoms with van der Waals surface area (Å²) in [6, 6.07) is 1.89. The Labute approximate surface area is 127 Å². The van der Waals surface area contributed by atoms with Crippen LogP contribution in [0.25, 0.3) is 0 Å². The maximum atomic E-state index is 12.8. The summed E-state index contributed by atoms with van der Waals surface area (Å²) in [5.74, 6) is 0. The van der Waals surface area contributed by atoms with E-state index in [4.69, 9.17) is 5.73 Å². The first kappa shape index (κ1) is 15.4. The van der Waals surface area contributed by atoms with Crippen LogP contribution in [0.15, 0.2) is 14.7 Å². The van der Waals surface area contributed by atoms with E-state index in [2.05, 4.69) is 15.9 Å². The van der Waals surface area contributed by atoms with Crippen molar-refractivity contribution >= 4 is 37.3 Å². The number of nitrogens with two attached hydrogens (primary N) is 1. The minimum atomic E-state index is -3.43. The Balaban J connectivity index is 2.43. The SMILES string of the molecule is CCC1CCC(C)N1S(=O)(=O)c1cc(CN)sc1Br. The average molecular weight is 367 g/mol. The first-order valence-electron chi connectivity index (χ1n) is 6.43. The van der Waals surface area contributed by atoms with Crippen LogP contribution in [-0.4, -0.2) is 24.8 Å². The molecule has 0 spiro atoms. The second-order valence-electron chi connectivity index (χ2n) is 4.88. The van der Waals surface area contributed by atoms with Crippen LogP contribution in [0.1, 0.15) is 38.0 Å². The van der Waals surface area contributed by atoms with Gasteiger partial charge in [-0.25, -0.2) is 8.42 Å². The Hall–Kier alpha value is 0.0500. The van der Waals surface area contributed by atoms with Crippen LogP contribution < -0.4 is 5.73 Å². The zero-order valence-corrected chi connectivity index (χ0v) is 14.3. The van der Waals surface area contributed by atoms with E-state index < -0.39 is 10.0 Å². The first-order chi connectivity index (χ1) is 8.91. The Bertz CT molecular complexity index is 556. The summed E-state index contributed by atoms with van der Waals surface area (Å²) in [5.41, 5.74) is 5.59. The van der Waals surface area contributed by atoms with Crippen LogP contribution in [0.3, 0.4) is 0 Å². The largest absolute Gasteiger partial charge is 0.326 e. The molecule has 0 radical (unpaired) electrons. The van der Waals surface area contributed by atoms with Gasteiger partial charge in [0.25, 0.3) is 0 Å². The van der Waals surface area contributed by atoms with Crippen LogP contribution >= 0.6 is 27.3 Å². The van der Waals surface area contributed by atoms with Crippen LogP contribution in [0.4, 0.5) is 0 Å². The molecule has 1 aliphatic heterocycles. The molecule has 2 unspecified atom stereocenters. The van der Waals surface area contributed by atoms with Crippen molar-refractivity contribution in [2.45, 2.75) is 56.6 Å². The molecule has 19 heavy (non-hydrogen) atoms. The summed E-state index contributed by atoms with van der Waals surface area (Å²) in [5, 5.41) is 0. The van der Waals surface area contributed by atoms with E-state index >= 15 is 0 Å². The molecule has 2 atom stereocenters. The standard InChI is InChI=1S/C12H19BrN2O2S2/c1-3-9-5-4-8(2)15(9)19(16,17)11-6-10(7-14)18-12(11)13/h6,8-9H,3-5,7,14H2,1-2H3. The Morgan fingerprint density at radius 2 is 2.21 bits per heavy atom. The fraction of sp³-hybridized carbons (Fsp3) is 0.667. The van der Waals surface area contributed by atoms with Crippen molar-refractivity contribution in [3.05, 3.63) is 14.7 Å². The van der Waals surface area contributed by atoms with Gasteiger partial charge in [-0.1, -0.05) is 6.92 Å². The molecule has 2 heterocycles. The minimum Gasteiger partial charge on any atom is -0.326 e. The van der Waals surface area contributed by atoms with E-state index in [1.165, 1.54) is 11.3 Å². The number of halogens is 1. The molecular weight excluding hydrogens is 348 g/mol. The van der Waals surface area contributed by atoms with Crippen molar-refractivity contribution < 1.29 is 8.42 Å². The molecule has 0 saturated carbocycles. The lowest BCUT2D eigenvalue weighted by molar-refractivity contribution is 0.328. The predicted octanol–water partition coefficient (Wildman–Crippen LogP) is 2.92. The zero-order chi connectivity index (χ0) is 14.2. The topological polar surface area (TPSA) is 63.4 Å². The average Bonchev–Trinajstić information content (AvgIpc) is 2.92. The maximum absolute atomic E-state index is 12.8. The lowest BCUT2D eigenvalue weighted by Crippen LogP contribution is -2.39. The van der Waals surface area contributed by atoms with Gasteiger partial charge in [-0.15, -0.1) is 11.3 Å². The van der Waals surface area contributed by atoms with Gasteiger partial charge in [0.05, 0.1) is 3.79 Å². The molecule has 108 valence electrons. The third-order valence-electron chi connectivity index (χ3n) is 3.65. The van der Waals surface area contributed by atoms with Gasteiger partial charge < -0.3 is 5.73 Å². The van der Waals surface area contributed by atoms with Crippen LogP contribution in [0, 0.1) is 0 Å². The fourth-order valence-electron chi connectivity index (χ4n) is 2.65. The normalized spacial score (nSPS) is 25.1. The third-order valence-corrected chi connectivity index (χ3v) is 7.99. The predicted molar refractivity (Wildman–Crippen MR) is 81.7 cm³/mol. The van der Waals surface area contributed by atoms with Crippen molar-refractivity contribution in [1.82, 2.24) is 4.31 Å². The molecular formula is C12H19BrN2O2S2. The van der Waals surface area contributed by atoms with E-state index in [9.17, 15) is 8.42 Å². The molecule has 1 aromatic heterocycles. The van der Waals surface area contributed by atoms with Gasteiger partial charge in [0.1, 0.15) is 4.90 Å². The summed E-state index contributed by atoms with van der Waals surface area (Å²) < 4.78 is 28.0. The lowest BCUT2D eigenvalue weighted by atomic mass is 10.2. The molecule has 2 rings (SSSR count). The summed E-state index contributed by atoms with van der Waals surface area (Å²) in [4.78, 5) is 1.25. The minimum absolute atomic E-state index is 0.0723. The van der Waals surface area contributed by atoms with Gasteiger partial charge in [0.15, 0.2) is 0 Å². The van der Waals surface area contributed by atoms with E-state index in [0.717, 1.165) is 24.1 Å². The highest BCUT2D eigenvalue weighted by atomic mass is 79.9. The molecule has 1 saturated heterocycles. The molecule has 1 aliphatic rings. The summed E-state index contributed by atoms with van der Waals surface area (Å²) in [7, 11) is -3.43. The monoisotopic (exact) mass is 366 g/mol. The smallest absolute Gasteiger partial charge is 0.245 e. The second-order valence-corrected chi connectivity index (χ2v) is 9.14. The number of sulfonamides is 1. The molecule has 0 bridgehead atoms. The van der Waals surface area contributed by atoms with E-state index in [1.807, 2.05) is 13.8 Å². The molecule has 0 aromatic carbocycles. The molecule has 2 N–H and O–H groups in total. The van der Waals surface area contributed by atoms with Crippen LogP contribution in [0.5, 0.6) is 0 Å². The Kier molecular flexibility index (Phi) is 4.72. The lowest BCUT2D eigenvalue weighted by Gasteiger charge is -2.26. The van der Waals surface area contributed by atoms with Crippen LogP contribution in [-0.2, 0) is 16.6 Å². The number of hydrogen-bond acceptors (Lipinski definition) is 4. The van der Waals surface area contributed by atoms with E-state index in [0.29, 0.717) is 15.2 Å². The second kappa shape index (κ2) is 5.81. The van der Waals surface area contributed by atoms with Crippen molar-refractivity contribution in [2.75, 3.05) is 0 Å². The van der Waals surface area contributed by atoms with Gasteiger partial charge in [-0.05, 0) is 48.2 Å². The van der Waals surface area contributed by atoms with Crippen molar-refractivity contribution in [3.8, 4) is 0 Å². The maximum Gasteiger partial charge on any atom is 0.245 e. The van der Waals surface area contributed by atoms with Crippen molar-refractivity contribution in [2.24, 2.45) is 5.73 Å². The van der Waals surface area contributed by atoms with Crippen molar-refractivity contribution in [1.29, 1.82) is 0 Å². The quantitative estimate of drug-likeness (QED) is 0.890. The van der Waals surface area contributed by atoms with Gasteiger partial charge in [0.2, 0.25) is 10.0 Å². The van der Waals surface area contributed by atoms with E-state index in [-0.39, 0.29) is 12.1 Å². The first-order valence-corrected chi connectivity index (χ1v) is 9.48. The molecule has 1 aromatic rings. The fourth-order valence-corrected chi connectivity index (χ4v) is 7.12. The third kappa shape index (κ3) is 2.76. The number of hydrogen-bond donors (Lipinski definition) is 1. The number of nitrogens with zero attached hydrogens (tertiary/aromatic N) is 1. The van der Waals surface area contributed by atoms with Crippen molar-refractivity contribution in [3.63, 3.8) is 0 Å². The molecule has 0 amide bonds. The highest BCUT2D eigenvalue weighted by Gasteiger charge is 2.40. The Morgan fingerprint density at radius 1 is 1.53 bits per heavy atom. The van der Waals surface area contributed by atoms with E-state index in [1.54, 1.807) is 10.4 Å². The number of rotatable bonds is 4. The summed E-state index contributed by atoms with van der Waals surface area (Å²) in [6.07, 6.45) is 2.74. The molecule has 1 fully saturated rings. The molecule has 0 aliphatic carbocycles. The van der Waals surface area contributed by atoms with Gasteiger partial charge >= 0.3 is 0 Å². The summed E-state index contributed by atoms with van der Waals surface area (Å²) in [6.45, 7) is 4.39. The van der Waals surface area contributed by atoms with Gasteiger partial charge in [0, 0.05) is 23.5 Å². The summed E-state index contributed by atoms with van der Waals surface area (Å²) >= 11 is 4.76. The van der Waals surface area contributed by atoms with Gasteiger partial charge in [-0.3, -0.25) is 0 Å². The Morgan fingerprint density at radius 3 is 2.74 bits per heavy atom. The molecule has 7 heteroatoms.